The quantitative estimate of drug-likeness (QED) is 0.591. The Labute approximate surface area is 165 Å². The molecule has 0 N–H and O–H groups in total. The first-order chi connectivity index (χ1) is 13.2. The molecule has 0 saturated heterocycles. The lowest BCUT2D eigenvalue weighted by Gasteiger charge is -2.25. The molecule has 8 heteroatoms. The number of hydrogen-bond donors (Lipinski definition) is 0. The molecule has 1 amide bonds. The summed E-state index contributed by atoms with van der Waals surface area (Å²) in [6.45, 7) is 1.59. The Bertz CT molecular complexity index is 924. The molecule has 1 aliphatic heterocycles. The standard InChI is InChI=1S/C19H19N3O3S2/c1-21-7-6-20-19(21)27-13-18(23)22(12-15-3-2-10-26-15)14-4-5-16-17(11-14)25-9-8-24-16/h2-7,10-11H,8-9,12-13H2,1H3. The highest BCUT2D eigenvalue weighted by molar-refractivity contribution is 7.99. The summed E-state index contributed by atoms with van der Waals surface area (Å²) in [4.78, 5) is 20.2. The Balaban J connectivity index is 1.56. The molecule has 0 spiro atoms. The fourth-order valence-electron chi connectivity index (χ4n) is 2.78. The van der Waals surface area contributed by atoms with Gasteiger partial charge in [-0.05, 0) is 23.6 Å². The smallest absolute Gasteiger partial charge is 0.237 e. The molecular weight excluding hydrogens is 382 g/mol. The minimum atomic E-state index is 0.0214. The van der Waals surface area contributed by atoms with Crippen LogP contribution < -0.4 is 14.4 Å². The van der Waals surface area contributed by atoms with Crippen LogP contribution in [0.25, 0.3) is 0 Å². The van der Waals surface area contributed by atoms with Crippen LogP contribution in [0.15, 0.2) is 53.3 Å². The first-order valence-corrected chi connectivity index (χ1v) is 10.4. The number of hydrogen-bond acceptors (Lipinski definition) is 6. The van der Waals surface area contributed by atoms with Crippen LogP contribution in [0.2, 0.25) is 0 Å². The van der Waals surface area contributed by atoms with E-state index in [2.05, 4.69) is 4.98 Å². The summed E-state index contributed by atoms with van der Waals surface area (Å²) in [7, 11) is 1.92. The van der Waals surface area contributed by atoms with Crippen LogP contribution in [0, 0.1) is 0 Å². The Morgan fingerprint density at radius 1 is 1.30 bits per heavy atom. The number of imidazole rings is 1. The predicted octanol–water partition coefficient (Wildman–Crippen LogP) is 3.58. The van der Waals surface area contributed by atoms with Gasteiger partial charge in [0.2, 0.25) is 5.91 Å². The van der Waals surface area contributed by atoms with Crippen molar-refractivity contribution in [2.75, 3.05) is 23.9 Å². The number of rotatable bonds is 6. The molecule has 0 atom stereocenters. The molecule has 0 radical (unpaired) electrons. The zero-order valence-electron chi connectivity index (χ0n) is 14.8. The van der Waals surface area contributed by atoms with Gasteiger partial charge in [0.05, 0.1) is 12.3 Å². The predicted molar refractivity (Wildman–Crippen MR) is 107 cm³/mol. The molecule has 0 aliphatic carbocycles. The number of nitrogens with zero attached hydrogens (tertiary/aromatic N) is 3. The van der Waals surface area contributed by atoms with Gasteiger partial charge in [0.1, 0.15) is 13.2 Å². The summed E-state index contributed by atoms with van der Waals surface area (Å²) in [6.07, 6.45) is 3.61. The van der Waals surface area contributed by atoms with Crippen molar-refractivity contribution in [3.63, 3.8) is 0 Å². The van der Waals surface area contributed by atoms with Gasteiger partial charge in [-0.1, -0.05) is 17.8 Å². The molecule has 0 fully saturated rings. The number of thioether (sulfide) groups is 1. The second-order valence-corrected chi connectivity index (χ2v) is 7.97. The monoisotopic (exact) mass is 401 g/mol. The number of benzene rings is 1. The van der Waals surface area contributed by atoms with Gasteiger partial charge in [-0.15, -0.1) is 11.3 Å². The summed E-state index contributed by atoms with van der Waals surface area (Å²) >= 11 is 3.07. The maximum absolute atomic E-state index is 13.0. The van der Waals surface area contributed by atoms with E-state index >= 15 is 0 Å². The highest BCUT2D eigenvalue weighted by Crippen LogP contribution is 2.35. The van der Waals surface area contributed by atoms with Gasteiger partial charge >= 0.3 is 0 Å². The Hall–Kier alpha value is -2.45. The average Bonchev–Trinajstić information content (AvgIpc) is 3.35. The Kier molecular flexibility index (Phi) is 5.35. The van der Waals surface area contributed by atoms with Gasteiger partial charge in [-0.3, -0.25) is 4.79 Å². The molecule has 140 valence electrons. The molecule has 3 heterocycles. The molecule has 2 aromatic heterocycles. The number of fused-ring (bicyclic) bond motifs is 1. The molecule has 27 heavy (non-hydrogen) atoms. The topological polar surface area (TPSA) is 56.6 Å². The van der Waals surface area contributed by atoms with Crippen LogP contribution in [0.4, 0.5) is 5.69 Å². The van der Waals surface area contributed by atoms with Gasteiger partial charge in [-0.25, -0.2) is 4.98 Å². The van der Waals surface area contributed by atoms with Gasteiger partial charge < -0.3 is 18.9 Å². The zero-order valence-corrected chi connectivity index (χ0v) is 16.5. The lowest BCUT2D eigenvalue weighted by Crippen LogP contribution is -2.32. The largest absolute Gasteiger partial charge is 0.486 e. The lowest BCUT2D eigenvalue weighted by molar-refractivity contribution is -0.116. The maximum Gasteiger partial charge on any atom is 0.237 e. The maximum atomic E-state index is 13.0. The number of aromatic nitrogens is 2. The van der Waals surface area contributed by atoms with E-state index in [-0.39, 0.29) is 5.91 Å². The second kappa shape index (κ2) is 8.06. The van der Waals surface area contributed by atoms with E-state index in [1.54, 1.807) is 22.4 Å². The minimum Gasteiger partial charge on any atom is -0.486 e. The van der Waals surface area contributed by atoms with Crippen molar-refractivity contribution in [1.29, 1.82) is 0 Å². The van der Waals surface area contributed by atoms with Crippen LogP contribution in [-0.4, -0.2) is 34.4 Å². The number of aryl methyl sites for hydroxylation is 1. The molecular formula is C19H19N3O3S2. The number of carbonyl (C=O) groups is 1. The lowest BCUT2D eigenvalue weighted by atomic mass is 10.2. The van der Waals surface area contributed by atoms with Crippen molar-refractivity contribution in [3.8, 4) is 11.5 Å². The number of ether oxygens (including phenoxy) is 2. The van der Waals surface area contributed by atoms with Crippen LogP contribution in [0.5, 0.6) is 11.5 Å². The minimum absolute atomic E-state index is 0.0214. The van der Waals surface area contributed by atoms with Crippen LogP contribution in [-0.2, 0) is 18.4 Å². The highest BCUT2D eigenvalue weighted by atomic mass is 32.2. The summed E-state index contributed by atoms with van der Waals surface area (Å²) in [5, 5.41) is 2.84. The van der Waals surface area contributed by atoms with Gasteiger partial charge in [0.15, 0.2) is 16.7 Å². The second-order valence-electron chi connectivity index (χ2n) is 6.00. The SMILES string of the molecule is Cn1ccnc1SCC(=O)N(Cc1cccs1)c1ccc2c(c1)OCCO2. The first kappa shape index (κ1) is 17.9. The van der Waals surface area contributed by atoms with Crippen molar-refractivity contribution in [2.24, 2.45) is 7.05 Å². The summed E-state index contributed by atoms with van der Waals surface area (Å²) in [5.74, 6) is 1.73. The molecule has 0 bridgehead atoms. The highest BCUT2D eigenvalue weighted by Gasteiger charge is 2.21. The van der Waals surface area contributed by atoms with Crippen molar-refractivity contribution in [2.45, 2.75) is 11.7 Å². The number of carbonyl (C=O) groups excluding carboxylic acids is 1. The summed E-state index contributed by atoms with van der Waals surface area (Å²) < 4.78 is 13.2. The van der Waals surface area contributed by atoms with E-state index in [0.717, 1.165) is 21.5 Å². The van der Waals surface area contributed by atoms with Crippen LogP contribution in [0.1, 0.15) is 4.88 Å². The fraction of sp³-hybridized carbons (Fsp3) is 0.263. The van der Waals surface area contributed by atoms with Gasteiger partial charge in [0, 0.05) is 36.1 Å². The van der Waals surface area contributed by atoms with E-state index in [0.29, 0.717) is 31.3 Å². The Morgan fingerprint density at radius 2 is 2.15 bits per heavy atom. The van der Waals surface area contributed by atoms with Gasteiger partial charge in [-0.2, -0.15) is 0 Å². The van der Waals surface area contributed by atoms with Crippen molar-refractivity contribution < 1.29 is 14.3 Å². The molecule has 0 unspecified atom stereocenters. The summed E-state index contributed by atoms with van der Waals surface area (Å²) in [6, 6.07) is 9.68. The summed E-state index contributed by atoms with van der Waals surface area (Å²) in [5.41, 5.74) is 0.804. The van der Waals surface area contributed by atoms with E-state index in [1.165, 1.54) is 11.8 Å². The van der Waals surface area contributed by atoms with Gasteiger partial charge in [0.25, 0.3) is 0 Å². The van der Waals surface area contributed by atoms with E-state index in [4.69, 9.17) is 9.47 Å². The number of anilines is 1. The average molecular weight is 402 g/mol. The third-order valence-electron chi connectivity index (χ3n) is 4.13. The number of thiophene rings is 1. The fourth-order valence-corrected chi connectivity index (χ4v) is 4.28. The third-order valence-corrected chi connectivity index (χ3v) is 6.04. The van der Waals surface area contributed by atoms with Crippen molar-refractivity contribution in [1.82, 2.24) is 9.55 Å². The molecule has 3 aromatic rings. The number of amides is 1. The van der Waals surface area contributed by atoms with Crippen molar-refractivity contribution in [3.05, 3.63) is 53.0 Å². The zero-order chi connectivity index (χ0) is 18.6. The molecule has 1 aliphatic rings. The molecule has 1 aromatic carbocycles. The van der Waals surface area contributed by atoms with Crippen LogP contribution in [0.3, 0.4) is 0 Å². The van der Waals surface area contributed by atoms with Crippen LogP contribution >= 0.6 is 23.1 Å². The van der Waals surface area contributed by atoms with Crippen molar-refractivity contribution >= 4 is 34.7 Å². The van der Waals surface area contributed by atoms with E-state index in [9.17, 15) is 4.79 Å². The Morgan fingerprint density at radius 3 is 2.89 bits per heavy atom. The molecule has 6 nitrogen and oxygen atoms in total. The normalized spacial score (nSPS) is 12.8. The third kappa shape index (κ3) is 4.12. The van der Waals surface area contributed by atoms with E-state index in [1.807, 2.05) is 53.5 Å². The van der Waals surface area contributed by atoms with E-state index < -0.39 is 0 Å². The first-order valence-electron chi connectivity index (χ1n) is 8.53. The molecule has 4 rings (SSSR count). The molecule has 0 saturated carbocycles.